The van der Waals surface area contributed by atoms with E-state index in [9.17, 15) is 0 Å². The Morgan fingerprint density at radius 3 is 2.74 bits per heavy atom. The van der Waals surface area contributed by atoms with E-state index in [1.165, 1.54) is 6.42 Å². The van der Waals surface area contributed by atoms with Gasteiger partial charge in [-0.1, -0.05) is 25.4 Å². The molecule has 1 heterocycles. The van der Waals surface area contributed by atoms with Crippen LogP contribution >= 0.6 is 11.6 Å². The van der Waals surface area contributed by atoms with Gasteiger partial charge in [-0.05, 0) is 26.0 Å². The number of benzene rings is 1. The molecule has 0 spiro atoms. The van der Waals surface area contributed by atoms with Gasteiger partial charge in [0.05, 0.1) is 6.61 Å². The van der Waals surface area contributed by atoms with Crippen molar-refractivity contribution in [3.8, 4) is 5.75 Å². The minimum Gasteiger partial charge on any atom is -0.493 e. The van der Waals surface area contributed by atoms with Gasteiger partial charge in [-0.15, -0.1) is 0 Å². The van der Waals surface area contributed by atoms with E-state index in [2.05, 4.69) is 10.6 Å². The number of rotatable bonds is 4. The molecule has 0 amide bonds. The van der Waals surface area contributed by atoms with Crippen molar-refractivity contribution in [1.82, 2.24) is 5.32 Å². The maximum atomic E-state index is 6.16. The second-order valence-corrected chi connectivity index (χ2v) is 4.91. The average molecular weight is 285 g/mol. The lowest BCUT2D eigenvalue weighted by molar-refractivity contribution is 0.258. The zero-order valence-electron chi connectivity index (χ0n) is 12.3. The van der Waals surface area contributed by atoms with Gasteiger partial charge in [-0.3, -0.25) is 0 Å². The van der Waals surface area contributed by atoms with Crippen molar-refractivity contribution >= 4 is 17.3 Å². The maximum Gasteiger partial charge on any atom is 0.125 e. The average Bonchev–Trinajstić information content (AvgIpc) is 2.95. The van der Waals surface area contributed by atoms with Gasteiger partial charge in [-0.2, -0.15) is 0 Å². The van der Waals surface area contributed by atoms with Crippen molar-refractivity contribution in [1.29, 1.82) is 0 Å². The van der Waals surface area contributed by atoms with Crippen LogP contribution in [0.25, 0.3) is 0 Å². The van der Waals surface area contributed by atoms with Crippen molar-refractivity contribution in [2.75, 3.05) is 32.1 Å². The third kappa shape index (κ3) is 4.59. The monoisotopic (exact) mass is 284 g/mol. The quantitative estimate of drug-likeness (QED) is 0.884. The van der Waals surface area contributed by atoms with Gasteiger partial charge >= 0.3 is 0 Å². The van der Waals surface area contributed by atoms with Crippen LogP contribution in [-0.4, -0.2) is 26.7 Å². The molecule has 0 bridgehead atoms. The summed E-state index contributed by atoms with van der Waals surface area (Å²) in [7, 11) is 1.88. The van der Waals surface area contributed by atoms with E-state index < -0.39 is 0 Å². The number of hydrogen-bond acceptors (Lipinski definition) is 3. The highest BCUT2D eigenvalue weighted by atomic mass is 35.5. The molecule has 2 N–H and O–H groups in total. The van der Waals surface area contributed by atoms with Gasteiger partial charge in [0.15, 0.2) is 0 Å². The number of nitrogens with one attached hydrogen (secondary N) is 2. The predicted molar refractivity (Wildman–Crippen MR) is 83.6 cm³/mol. The normalized spacial score (nSPS) is 17.6. The molecule has 1 unspecified atom stereocenters. The molecule has 108 valence electrons. The largest absolute Gasteiger partial charge is 0.493 e. The molecule has 1 aromatic rings. The van der Waals surface area contributed by atoms with Gasteiger partial charge in [0.25, 0.3) is 0 Å². The molecule has 3 nitrogen and oxygen atoms in total. The lowest BCUT2D eigenvalue weighted by Gasteiger charge is -2.15. The first-order chi connectivity index (χ1) is 9.20. The molecule has 4 heteroatoms. The van der Waals surface area contributed by atoms with Crippen LogP contribution in [0.4, 0.5) is 5.69 Å². The lowest BCUT2D eigenvalue weighted by Crippen LogP contribution is -2.15. The highest BCUT2D eigenvalue weighted by molar-refractivity contribution is 6.31. The summed E-state index contributed by atoms with van der Waals surface area (Å²) in [4.78, 5) is 0. The van der Waals surface area contributed by atoms with E-state index >= 15 is 0 Å². The summed E-state index contributed by atoms with van der Waals surface area (Å²) in [6.07, 6.45) is 1.19. The van der Waals surface area contributed by atoms with Crippen LogP contribution in [0.5, 0.6) is 5.75 Å². The molecule has 1 saturated heterocycles. The summed E-state index contributed by atoms with van der Waals surface area (Å²) in [6.45, 7) is 8.91. The van der Waals surface area contributed by atoms with Crippen LogP contribution in [0.15, 0.2) is 12.1 Å². The molecule has 0 aromatic heterocycles. The highest BCUT2D eigenvalue weighted by Crippen LogP contribution is 2.30. The second kappa shape index (κ2) is 8.28. The van der Waals surface area contributed by atoms with E-state index in [0.29, 0.717) is 5.92 Å². The summed E-state index contributed by atoms with van der Waals surface area (Å²) in [5.41, 5.74) is 2.00. The topological polar surface area (TPSA) is 33.3 Å². The molecule has 1 fully saturated rings. The van der Waals surface area contributed by atoms with E-state index in [4.69, 9.17) is 16.3 Å². The molecule has 1 aliphatic rings. The fourth-order valence-electron chi connectivity index (χ4n) is 2.01. The second-order valence-electron chi connectivity index (χ2n) is 4.50. The van der Waals surface area contributed by atoms with Crippen LogP contribution in [0.1, 0.15) is 25.8 Å². The van der Waals surface area contributed by atoms with Crippen LogP contribution in [-0.2, 0) is 0 Å². The third-order valence-corrected chi connectivity index (χ3v) is 3.61. The number of anilines is 1. The molecular weight excluding hydrogens is 260 g/mol. The minimum absolute atomic E-state index is 0.617. The molecular formula is C15H25ClN2O. The Hall–Kier alpha value is -0.930. The summed E-state index contributed by atoms with van der Waals surface area (Å²) in [5.74, 6) is 1.50. The first-order valence-corrected chi connectivity index (χ1v) is 7.40. The van der Waals surface area contributed by atoms with Crippen LogP contribution in [0.2, 0.25) is 5.02 Å². The SMILES string of the molecule is CC.CNc1cc(Cl)c(C)c(OCC2CCNC2)c1. The Bertz CT molecular complexity index is 390. The van der Waals surface area contributed by atoms with Gasteiger partial charge in [0, 0.05) is 41.9 Å². The van der Waals surface area contributed by atoms with E-state index in [0.717, 1.165) is 41.7 Å². The van der Waals surface area contributed by atoms with Crippen LogP contribution in [0, 0.1) is 12.8 Å². The van der Waals surface area contributed by atoms with Crippen LogP contribution < -0.4 is 15.4 Å². The van der Waals surface area contributed by atoms with E-state index in [1.807, 2.05) is 40.0 Å². The summed E-state index contributed by atoms with van der Waals surface area (Å²) >= 11 is 6.16. The van der Waals surface area contributed by atoms with Crippen molar-refractivity contribution in [2.45, 2.75) is 27.2 Å². The standard InChI is InChI=1S/C13H19ClN2O.C2H6/c1-9-12(14)5-11(15-2)6-13(9)17-8-10-3-4-16-7-10;1-2/h5-6,10,15-16H,3-4,7-8H2,1-2H3;1-2H3. The summed E-state index contributed by atoms with van der Waals surface area (Å²) < 4.78 is 5.88. The summed E-state index contributed by atoms with van der Waals surface area (Å²) in [5, 5.41) is 7.17. The highest BCUT2D eigenvalue weighted by Gasteiger charge is 2.16. The fraction of sp³-hybridized carbons (Fsp3) is 0.600. The van der Waals surface area contributed by atoms with Crippen molar-refractivity contribution in [3.63, 3.8) is 0 Å². The van der Waals surface area contributed by atoms with Gasteiger partial charge in [0.2, 0.25) is 0 Å². The fourth-order valence-corrected chi connectivity index (χ4v) is 2.22. The summed E-state index contributed by atoms with van der Waals surface area (Å²) in [6, 6.07) is 3.92. The molecule has 0 radical (unpaired) electrons. The molecule has 1 atom stereocenters. The Balaban J connectivity index is 0.000000861. The number of halogens is 1. The first kappa shape index (κ1) is 16.1. The van der Waals surface area contributed by atoms with E-state index in [-0.39, 0.29) is 0 Å². The van der Waals surface area contributed by atoms with Crippen molar-refractivity contribution in [3.05, 3.63) is 22.7 Å². The number of ether oxygens (including phenoxy) is 1. The molecule has 1 aliphatic heterocycles. The first-order valence-electron chi connectivity index (χ1n) is 7.02. The van der Waals surface area contributed by atoms with Gasteiger partial charge in [0.1, 0.15) is 5.75 Å². The Kier molecular flexibility index (Phi) is 7.03. The zero-order valence-corrected chi connectivity index (χ0v) is 13.1. The minimum atomic E-state index is 0.617. The van der Waals surface area contributed by atoms with Gasteiger partial charge in [-0.25, -0.2) is 0 Å². The van der Waals surface area contributed by atoms with Crippen molar-refractivity contribution < 1.29 is 4.74 Å². The molecule has 2 rings (SSSR count). The third-order valence-electron chi connectivity index (χ3n) is 3.22. The molecule has 19 heavy (non-hydrogen) atoms. The number of hydrogen-bond donors (Lipinski definition) is 2. The van der Waals surface area contributed by atoms with Crippen LogP contribution in [0.3, 0.4) is 0 Å². The molecule has 0 aliphatic carbocycles. The van der Waals surface area contributed by atoms with Crippen molar-refractivity contribution in [2.24, 2.45) is 5.92 Å². The smallest absolute Gasteiger partial charge is 0.125 e. The molecule has 1 aromatic carbocycles. The lowest BCUT2D eigenvalue weighted by atomic mass is 10.1. The predicted octanol–water partition coefficient (Wildman–Crippen LogP) is 3.70. The Morgan fingerprint density at radius 2 is 2.16 bits per heavy atom. The maximum absolute atomic E-state index is 6.16. The van der Waals surface area contributed by atoms with Gasteiger partial charge < -0.3 is 15.4 Å². The molecule has 0 saturated carbocycles. The zero-order chi connectivity index (χ0) is 14.3. The Labute approximate surface area is 121 Å². The van der Waals surface area contributed by atoms with E-state index in [1.54, 1.807) is 0 Å². The Morgan fingerprint density at radius 1 is 1.42 bits per heavy atom.